The van der Waals surface area contributed by atoms with Crippen LogP contribution in [0.1, 0.15) is 22.6 Å². The summed E-state index contributed by atoms with van der Waals surface area (Å²) in [6.07, 6.45) is 0.449. The van der Waals surface area contributed by atoms with Crippen molar-refractivity contribution in [3.05, 3.63) is 71.0 Å². The third-order valence-corrected chi connectivity index (χ3v) is 3.41. The second-order valence-corrected chi connectivity index (χ2v) is 5.20. The Labute approximate surface area is 128 Å². The Morgan fingerprint density at radius 1 is 1.18 bits per heavy atom. The number of nitrogens with two attached hydrogens (primary N) is 1. The van der Waals surface area contributed by atoms with Gasteiger partial charge < -0.3 is 5.73 Å². The molecule has 2 rings (SSSR count). The van der Waals surface area contributed by atoms with Crippen LogP contribution in [0.2, 0.25) is 0 Å². The highest BCUT2D eigenvalue weighted by Crippen LogP contribution is 2.22. The zero-order valence-corrected chi connectivity index (χ0v) is 12.3. The van der Waals surface area contributed by atoms with E-state index in [0.29, 0.717) is 12.0 Å². The molecule has 0 spiro atoms. The molecule has 0 aliphatic rings. The molecular weight excluding hydrogens is 281 g/mol. The lowest BCUT2D eigenvalue weighted by molar-refractivity contribution is -0.121. The van der Waals surface area contributed by atoms with Crippen LogP contribution in [0.25, 0.3) is 0 Å². The average Bonchev–Trinajstić information content (AvgIpc) is 2.47. The van der Waals surface area contributed by atoms with Crippen molar-refractivity contribution in [1.29, 1.82) is 5.41 Å². The van der Waals surface area contributed by atoms with Crippen molar-refractivity contribution in [3.63, 3.8) is 0 Å². The maximum atomic E-state index is 13.1. The van der Waals surface area contributed by atoms with Crippen molar-refractivity contribution in [2.45, 2.75) is 19.3 Å². The number of halogens is 1. The van der Waals surface area contributed by atoms with Crippen molar-refractivity contribution in [2.75, 3.05) is 0 Å². The molecule has 1 unspecified atom stereocenters. The number of hydrogen-bond acceptors (Lipinski definition) is 2. The van der Waals surface area contributed by atoms with Crippen LogP contribution in [-0.4, -0.2) is 11.9 Å². The number of aryl methyl sites for hydroxylation is 1. The minimum Gasteiger partial charge on any atom is -0.370 e. The van der Waals surface area contributed by atoms with Crippen molar-refractivity contribution >= 4 is 11.9 Å². The second-order valence-electron chi connectivity index (χ2n) is 5.20. The third kappa shape index (κ3) is 4.15. The van der Waals surface area contributed by atoms with E-state index in [1.807, 2.05) is 31.2 Å². The Morgan fingerprint density at radius 2 is 1.77 bits per heavy atom. The molecule has 114 valence electrons. The summed E-state index contributed by atoms with van der Waals surface area (Å²) in [5.74, 6) is -1.67. The smallest absolute Gasteiger partial charge is 0.234 e. The molecule has 1 atom stereocenters. The first-order chi connectivity index (χ1) is 10.5. The molecule has 0 aliphatic heterocycles. The van der Waals surface area contributed by atoms with Crippen LogP contribution in [0, 0.1) is 18.2 Å². The minimum absolute atomic E-state index is 0.357. The Balaban J connectivity index is 2.28. The molecule has 4 N–H and O–H groups in total. The number of nitrogens with one attached hydrogen (secondary N) is 2. The standard InChI is InChI=1S/C17H18FN3O/c1-11-2-4-12(5-3-11)10-15(16(22)21-17(19)20)13-6-8-14(18)9-7-13/h2-9,15H,10H2,1H3,(H4,19,20,21,22). The highest BCUT2D eigenvalue weighted by molar-refractivity contribution is 5.98. The first kappa shape index (κ1) is 15.7. The molecule has 0 heterocycles. The number of benzene rings is 2. The van der Waals surface area contributed by atoms with E-state index in [1.165, 1.54) is 12.1 Å². The minimum atomic E-state index is -0.535. The summed E-state index contributed by atoms with van der Waals surface area (Å²) in [5, 5.41) is 9.52. The first-order valence-corrected chi connectivity index (χ1v) is 6.91. The molecule has 0 saturated carbocycles. The van der Waals surface area contributed by atoms with Crippen molar-refractivity contribution in [3.8, 4) is 0 Å². The molecule has 0 aromatic heterocycles. The van der Waals surface area contributed by atoms with E-state index >= 15 is 0 Å². The average molecular weight is 299 g/mol. The van der Waals surface area contributed by atoms with Crippen LogP contribution in [0.15, 0.2) is 48.5 Å². The zero-order valence-electron chi connectivity index (χ0n) is 12.3. The van der Waals surface area contributed by atoms with Gasteiger partial charge in [-0.3, -0.25) is 15.5 Å². The van der Waals surface area contributed by atoms with Crippen molar-refractivity contribution < 1.29 is 9.18 Å². The second kappa shape index (κ2) is 6.85. The van der Waals surface area contributed by atoms with Gasteiger partial charge >= 0.3 is 0 Å². The van der Waals surface area contributed by atoms with Gasteiger partial charge in [0, 0.05) is 0 Å². The van der Waals surface area contributed by atoms with Gasteiger partial charge in [-0.1, -0.05) is 42.0 Å². The monoisotopic (exact) mass is 299 g/mol. The Hall–Kier alpha value is -2.69. The van der Waals surface area contributed by atoms with Crippen molar-refractivity contribution in [1.82, 2.24) is 5.32 Å². The number of carbonyl (C=O) groups excluding carboxylic acids is 1. The summed E-state index contributed by atoms with van der Waals surface area (Å²) in [5.41, 5.74) is 8.04. The number of rotatable bonds is 4. The molecule has 4 nitrogen and oxygen atoms in total. The lowest BCUT2D eigenvalue weighted by Crippen LogP contribution is -2.39. The fourth-order valence-electron chi connectivity index (χ4n) is 2.24. The van der Waals surface area contributed by atoms with Gasteiger partial charge in [-0.15, -0.1) is 0 Å². The van der Waals surface area contributed by atoms with E-state index in [-0.39, 0.29) is 11.7 Å². The maximum absolute atomic E-state index is 13.1. The quantitative estimate of drug-likeness (QED) is 0.599. The van der Waals surface area contributed by atoms with Crippen LogP contribution in [-0.2, 0) is 11.2 Å². The van der Waals surface area contributed by atoms with Gasteiger partial charge in [0.25, 0.3) is 0 Å². The fourth-order valence-corrected chi connectivity index (χ4v) is 2.24. The molecule has 0 radical (unpaired) electrons. The molecule has 2 aromatic rings. The third-order valence-electron chi connectivity index (χ3n) is 3.41. The lowest BCUT2D eigenvalue weighted by atomic mass is 9.91. The van der Waals surface area contributed by atoms with E-state index in [0.717, 1.165) is 11.1 Å². The highest BCUT2D eigenvalue weighted by Gasteiger charge is 2.21. The predicted molar refractivity (Wildman–Crippen MR) is 84.1 cm³/mol. The topological polar surface area (TPSA) is 79.0 Å². The van der Waals surface area contributed by atoms with Gasteiger partial charge in [-0.2, -0.15) is 0 Å². The number of hydrogen-bond donors (Lipinski definition) is 3. The highest BCUT2D eigenvalue weighted by atomic mass is 19.1. The van der Waals surface area contributed by atoms with Crippen LogP contribution in [0.4, 0.5) is 4.39 Å². The molecule has 2 aromatic carbocycles. The Bertz CT molecular complexity index is 665. The first-order valence-electron chi connectivity index (χ1n) is 6.91. The lowest BCUT2D eigenvalue weighted by Gasteiger charge is -2.17. The fraction of sp³-hybridized carbons (Fsp3) is 0.176. The normalized spacial score (nSPS) is 11.7. The summed E-state index contributed by atoms with van der Waals surface area (Å²) in [6, 6.07) is 13.6. The van der Waals surface area contributed by atoms with Crippen molar-refractivity contribution in [2.24, 2.45) is 5.73 Å². The molecule has 22 heavy (non-hydrogen) atoms. The summed E-state index contributed by atoms with van der Waals surface area (Å²) in [4.78, 5) is 12.3. The van der Waals surface area contributed by atoms with E-state index in [1.54, 1.807) is 12.1 Å². The van der Waals surface area contributed by atoms with Gasteiger partial charge in [0.15, 0.2) is 5.96 Å². The predicted octanol–water partition coefficient (Wildman–Crippen LogP) is 2.47. The van der Waals surface area contributed by atoms with Gasteiger partial charge in [-0.05, 0) is 36.6 Å². The summed E-state index contributed by atoms with van der Waals surface area (Å²) in [6.45, 7) is 1.99. The molecule has 0 bridgehead atoms. The molecule has 0 fully saturated rings. The summed E-state index contributed by atoms with van der Waals surface area (Å²) < 4.78 is 13.1. The molecule has 1 amide bonds. The number of amides is 1. The number of carbonyl (C=O) groups is 1. The molecule has 5 heteroatoms. The van der Waals surface area contributed by atoms with Gasteiger partial charge in [-0.25, -0.2) is 4.39 Å². The van der Waals surface area contributed by atoms with Gasteiger partial charge in [0.05, 0.1) is 5.92 Å². The largest absolute Gasteiger partial charge is 0.370 e. The van der Waals surface area contributed by atoms with Crippen LogP contribution < -0.4 is 11.1 Å². The van der Waals surface area contributed by atoms with Crippen LogP contribution >= 0.6 is 0 Å². The van der Waals surface area contributed by atoms with E-state index < -0.39 is 11.9 Å². The SMILES string of the molecule is Cc1ccc(CC(C(=O)NC(=N)N)c2ccc(F)cc2)cc1. The van der Waals surface area contributed by atoms with E-state index in [2.05, 4.69) is 5.32 Å². The van der Waals surface area contributed by atoms with Crippen LogP contribution in [0.5, 0.6) is 0 Å². The van der Waals surface area contributed by atoms with E-state index in [4.69, 9.17) is 11.1 Å². The Morgan fingerprint density at radius 3 is 2.32 bits per heavy atom. The number of guanidine groups is 1. The molecule has 0 saturated heterocycles. The molecular formula is C17H18FN3O. The Kier molecular flexibility index (Phi) is 4.88. The zero-order chi connectivity index (χ0) is 16.1. The summed E-state index contributed by atoms with van der Waals surface area (Å²) >= 11 is 0. The van der Waals surface area contributed by atoms with E-state index in [9.17, 15) is 9.18 Å². The van der Waals surface area contributed by atoms with Crippen LogP contribution in [0.3, 0.4) is 0 Å². The molecule has 0 aliphatic carbocycles. The van der Waals surface area contributed by atoms with Gasteiger partial charge in [0.2, 0.25) is 5.91 Å². The van der Waals surface area contributed by atoms with Gasteiger partial charge in [0.1, 0.15) is 5.82 Å². The summed E-state index contributed by atoms with van der Waals surface area (Å²) in [7, 11) is 0. The maximum Gasteiger partial charge on any atom is 0.234 e.